The number of fused-ring (bicyclic) bond motifs is 1. The number of benzene rings is 2. The average Bonchev–Trinajstić information content (AvgIpc) is 2.41. The van der Waals surface area contributed by atoms with Gasteiger partial charge in [0.1, 0.15) is 11.5 Å². The van der Waals surface area contributed by atoms with E-state index in [1.54, 1.807) is 36.5 Å². The van der Waals surface area contributed by atoms with E-state index in [-0.39, 0.29) is 0 Å². The van der Waals surface area contributed by atoms with Crippen LogP contribution in [0.25, 0.3) is 10.9 Å². The highest BCUT2D eigenvalue weighted by Gasteiger charge is 2.11. The fraction of sp³-hybridized carbons (Fsp3) is 0. The monoisotopic (exact) mass is 323 g/mol. The predicted molar refractivity (Wildman–Crippen MR) is 83.3 cm³/mol. The minimum atomic E-state index is 0.489. The van der Waals surface area contributed by atoms with Crippen LogP contribution in [0.15, 0.2) is 48.7 Å². The Morgan fingerprint density at radius 1 is 0.850 bits per heavy atom. The van der Waals surface area contributed by atoms with Crippen LogP contribution in [0, 0.1) is 0 Å². The van der Waals surface area contributed by atoms with E-state index in [2.05, 4.69) is 4.98 Å². The number of hydrogen-bond donors (Lipinski definition) is 0. The summed E-state index contributed by atoms with van der Waals surface area (Å²) in [5.74, 6) is 1.15. The number of aromatic nitrogens is 1. The van der Waals surface area contributed by atoms with Gasteiger partial charge in [-0.15, -0.1) is 0 Å². The Labute approximate surface area is 130 Å². The SMILES string of the molecule is Clc1cc(Cl)c2c(Oc3ccccc3Cl)ccnc2c1. The molecule has 0 spiro atoms. The van der Waals surface area contributed by atoms with Crippen LogP contribution in [0.2, 0.25) is 15.1 Å². The van der Waals surface area contributed by atoms with E-state index < -0.39 is 0 Å². The van der Waals surface area contributed by atoms with Crippen molar-refractivity contribution < 1.29 is 4.74 Å². The number of para-hydroxylation sites is 1. The molecule has 3 aromatic rings. The van der Waals surface area contributed by atoms with Gasteiger partial charge in [0.15, 0.2) is 0 Å². The largest absolute Gasteiger partial charge is 0.455 e. The van der Waals surface area contributed by atoms with Crippen molar-refractivity contribution >= 4 is 45.7 Å². The van der Waals surface area contributed by atoms with Crippen molar-refractivity contribution in [2.75, 3.05) is 0 Å². The summed E-state index contributed by atoms with van der Waals surface area (Å²) in [5.41, 5.74) is 0.673. The molecule has 1 heterocycles. The maximum absolute atomic E-state index is 6.24. The molecule has 2 aromatic carbocycles. The Balaban J connectivity index is 2.15. The molecule has 3 rings (SSSR count). The van der Waals surface area contributed by atoms with Crippen molar-refractivity contribution in [3.05, 3.63) is 63.7 Å². The predicted octanol–water partition coefficient (Wildman–Crippen LogP) is 5.99. The highest BCUT2D eigenvalue weighted by atomic mass is 35.5. The van der Waals surface area contributed by atoms with E-state index in [9.17, 15) is 0 Å². The Morgan fingerprint density at radius 2 is 1.65 bits per heavy atom. The number of rotatable bonds is 2. The summed E-state index contributed by atoms with van der Waals surface area (Å²) in [4.78, 5) is 4.25. The number of halogens is 3. The maximum Gasteiger partial charge on any atom is 0.146 e. The molecular formula is C15H8Cl3NO. The van der Waals surface area contributed by atoms with Crippen molar-refractivity contribution in [2.24, 2.45) is 0 Å². The normalized spacial score (nSPS) is 10.8. The van der Waals surface area contributed by atoms with Gasteiger partial charge in [-0.25, -0.2) is 0 Å². The van der Waals surface area contributed by atoms with Gasteiger partial charge in [0.2, 0.25) is 0 Å². The van der Waals surface area contributed by atoms with Crippen LogP contribution >= 0.6 is 34.8 Å². The second-order valence-corrected chi connectivity index (χ2v) is 5.37. The van der Waals surface area contributed by atoms with E-state index in [1.165, 1.54) is 0 Å². The number of pyridine rings is 1. The second kappa shape index (κ2) is 5.49. The molecule has 2 nitrogen and oxygen atoms in total. The van der Waals surface area contributed by atoms with Crippen LogP contribution in [-0.2, 0) is 0 Å². The summed E-state index contributed by atoms with van der Waals surface area (Å²) in [7, 11) is 0. The lowest BCUT2D eigenvalue weighted by Crippen LogP contribution is -1.89. The van der Waals surface area contributed by atoms with E-state index in [0.717, 1.165) is 0 Å². The minimum Gasteiger partial charge on any atom is -0.455 e. The molecule has 0 fully saturated rings. The average molecular weight is 325 g/mol. The fourth-order valence-electron chi connectivity index (χ4n) is 1.91. The zero-order valence-electron chi connectivity index (χ0n) is 10.1. The third-order valence-corrected chi connectivity index (χ3v) is 3.61. The first-order chi connectivity index (χ1) is 9.65. The van der Waals surface area contributed by atoms with Crippen LogP contribution in [0.3, 0.4) is 0 Å². The molecule has 0 aliphatic rings. The van der Waals surface area contributed by atoms with Crippen LogP contribution in [0.1, 0.15) is 0 Å². The zero-order valence-corrected chi connectivity index (χ0v) is 12.4. The Kier molecular flexibility index (Phi) is 3.70. The lowest BCUT2D eigenvalue weighted by atomic mass is 10.2. The Hall–Kier alpha value is -1.48. The van der Waals surface area contributed by atoms with Crippen molar-refractivity contribution in [1.82, 2.24) is 4.98 Å². The molecule has 100 valence electrons. The molecule has 0 radical (unpaired) electrons. The van der Waals surface area contributed by atoms with Gasteiger partial charge in [-0.05, 0) is 30.3 Å². The van der Waals surface area contributed by atoms with Crippen molar-refractivity contribution in [2.45, 2.75) is 0 Å². The third-order valence-electron chi connectivity index (χ3n) is 2.78. The first-order valence-electron chi connectivity index (χ1n) is 5.81. The van der Waals surface area contributed by atoms with Crippen LogP contribution < -0.4 is 4.74 Å². The van der Waals surface area contributed by atoms with Gasteiger partial charge < -0.3 is 4.74 Å². The molecule has 20 heavy (non-hydrogen) atoms. The van der Waals surface area contributed by atoms with Gasteiger partial charge >= 0.3 is 0 Å². The van der Waals surface area contributed by atoms with E-state index in [4.69, 9.17) is 39.5 Å². The van der Waals surface area contributed by atoms with Crippen molar-refractivity contribution in [1.29, 1.82) is 0 Å². The highest BCUT2D eigenvalue weighted by molar-refractivity contribution is 6.39. The standard InChI is InChI=1S/C15H8Cl3NO/c16-9-7-11(18)15-12(8-9)19-6-5-14(15)20-13-4-2-1-3-10(13)17/h1-8H. The lowest BCUT2D eigenvalue weighted by Gasteiger charge is -2.11. The third kappa shape index (κ3) is 2.55. The molecule has 0 saturated heterocycles. The minimum absolute atomic E-state index is 0.489. The molecule has 0 saturated carbocycles. The quantitative estimate of drug-likeness (QED) is 0.578. The van der Waals surface area contributed by atoms with E-state index >= 15 is 0 Å². The van der Waals surface area contributed by atoms with Gasteiger partial charge in [0, 0.05) is 11.2 Å². The summed E-state index contributed by atoms with van der Waals surface area (Å²) in [6, 6.07) is 12.4. The molecule has 0 bridgehead atoms. The first kappa shape index (κ1) is 13.5. The van der Waals surface area contributed by atoms with Gasteiger partial charge in [0.25, 0.3) is 0 Å². The summed E-state index contributed by atoms with van der Waals surface area (Å²) in [6.07, 6.45) is 1.64. The number of nitrogens with zero attached hydrogens (tertiary/aromatic N) is 1. The second-order valence-electron chi connectivity index (χ2n) is 4.12. The van der Waals surface area contributed by atoms with Crippen molar-refractivity contribution in [3.63, 3.8) is 0 Å². The highest BCUT2D eigenvalue weighted by Crippen LogP contribution is 2.37. The molecule has 0 aliphatic carbocycles. The Morgan fingerprint density at radius 3 is 2.45 bits per heavy atom. The Bertz CT molecular complexity index is 789. The number of ether oxygens (including phenoxy) is 1. The molecule has 0 atom stereocenters. The summed E-state index contributed by atoms with van der Waals surface area (Å²) in [5, 5.41) is 2.26. The maximum atomic E-state index is 6.24. The van der Waals surface area contributed by atoms with Gasteiger partial charge in [0.05, 0.1) is 20.9 Å². The summed E-state index contributed by atoms with van der Waals surface area (Å²) in [6.45, 7) is 0. The lowest BCUT2D eigenvalue weighted by molar-refractivity contribution is 0.488. The molecule has 5 heteroatoms. The smallest absolute Gasteiger partial charge is 0.146 e. The number of hydrogen-bond acceptors (Lipinski definition) is 2. The van der Waals surface area contributed by atoms with Crippen molar-refractivity contribution in [3.8, 4) is 11.5 Å². The molecule has 1 aromatic heterocycles. The summed E-state index contributed by atoms with van der Waals surface area (Å²) >= 11 is 18.3. The van der Waals surface area contributed by atoms with Crippen LogP contribution in [0.5, 0.6) is 11.5 Å². The molecule has 0 unspecified atom stereocenters. The van der Waals surface area contributed by atoms with Gasteiger partial charge in [-0.3, -0.25) is 4.98 Å². The summed E-state index contributed by atoms with van der Waals surface area (Å²) < 4.78 is 5.84. The van der Waals surface area contributed by atoms with Gasteiger partial charge in [-0.2, -0.15) is 0 Å². The van der Waals surface area contributed by atoms with E-state index in [1.807, 2.05) is 12.1 Å². The van der Waals surface area contributed by atoms with Crippen LogP contribution in [0.4, 0.5) is 0 Å². The molecule has 0 N–H and O–H groups in total. The molecular weight excluding hydrogens is 317 g/mol. The zero-order chi connectivity index (χ0) is 14.1. The molecule has 0 amide bonds. The topological polar surface area (TPSA) is 22.1 Å². The fourth-order valence-corrected chi connectivity index (χ4v) is 2.66. The first-order valence-corrected chi connectivity index (χ1v) is 6.94. The molecule has 0 aliphatic heterocycles. The van der Waals surface area contributed by atoms with E-state index in [0.29, 0.717) is 37.5 Å². The van der Waals surface area contributed by atoms with Gasteiger partial charge in [-0.1, -0.05) is 46.9 Å². The van der Waals surface area contributed by atoms with Crippen LogP contribution in [-0.4, -0.2) is 4.98 Å².